The number of hydrogen-bond acceptors (Lipinski definition) is 4. The van der Waals surface area contributed by atoms with E-state index in [1.54, 1.807) is 4.68 Å². The van der Waals surface area contributed by atoms with Crippen molar-refractivity contribution < 1.29 is 9.53 Å². The predicted octanol–water partition coefficient (Wildman–Crippen LogP) is 3.89. The number of carbonyl (C=O) groups excluding carboxylic acids is 1. The van der Waals surface area contributed by atoms with Crippen LogP contribution in [0.4, 0.5) is 0 Å². The Kier molecular flexibility index (Phi) is 6.37. The molecule has 1 amide bonds. The predicted molar refractivity (Wildman–Crippen MR) is 122 cm³/mol. The van der Waals surface area contributed by atoms with Gasteiger partial charge >= 0.3 is 0 Å². The van der Waals surface area contributed by atoms with Gasteiger partial charge in [-0.25, -0.2) is 4.68 Å². The van der Waals surface area contributed by atoms with E-state index < -0.39 is 0 Å². The molecule has 0 unspecified atom stereocenters. The van der Waals surface area contributed by atoms with E-state index in [4.69, 9.17) is 9.84 Å². The second-order valence-electron chi connectivity index (χ2n) is 8.22. The normalized spacial score (nSPS) is 14.6. The van der Waals surface area contributed by atoms with Gasteiger partial charge < -0.3 is 14.5 Å². The minimum absolute atomic E-state index is 0.192. The molecule has 1 aliphatic rings. The van der Waals surface area contributed by atoms with Crippen LogP contribution in [0, 0.1) is 6.92 Å². The van der Waals surface area contributed by atoms with Crippen LogP contribution in [0.3, 0.4) is 0 Å². The molecule has 0 saturated carbocycles. The number of ether oxygens (including phenoxy) is 1. The maximum absolute atomic E-state index is 12.9. The molecule has 0 bridgehead atoms. The number of likely N-dealkylation sites (N-methyl/N-ethyl adjacent to an activating group) is 1. The molecule has 0 N–H and O–H groups in total. The van der Waals surface area contributed by atoms with E-state index in [1.165, 1.54) is 0 Å². The van der Waals surface area contributed by atoms with Crippen LogP contribution in [0.15, 0.2) is 54.6 Å². The van der Waals surface area contributed by atoms with Crippen molar-refractivity contribution in [3.8, 4) is 22.9 Å². The van der Waals surface area contributed by atoms with Crippen LogP contribution >= 0.6 is 0 Å². The summed E-state index contributed by atoms with van der Waals surface area (Å²) in [4.78, 5) is 17.1. The number of aromatic nitrogens is 2. The van der Waals surface area contributed by atoms with Gasteiger partial charge in [0.2, 0.25) is 11.8 Å². The van der Waals surface area contributed by atoms with E-state index in [-0.39, 0.29) is 5.91 Å². The van der Waals surface area contributed by atoms with E-state index in [2.05, 4.69) is 11.9 Å². The van der Waals surface area contributed by atoms with Crippen LogP contribution in [0.25, 0.3) is 11.3 Å². The highest BCUT2D eigenvalue weighted by Gasteiger charge is 2.23. The van der Waals surface area contributed by atoms with Gasteiger partial charge in [0.15, 0.2) is 0 Å². The van der Waals surface area contributed by atoms with Crippen LogP contribution in [0.1, 0.15) is 17.5 Å². The summed E-state index contributed by atoms with van der Waals surface area (Å²) in [6.45, 7) is 5.48. The monoisotopic (exact) mass is 418 g/mol. The van der Waals surface area contributed by atoms with Crippen LogP contribution in [-0.2, 0) is 18.3 Å². The Balaban J connectivity index is 1.61. The third kappa shape index (κ3) is 4.97. The molecule has 6 heteroatoms. The van der Waals surface area contributed by atoms with Gasteiger partial charge in [0.25, 0.3) is 0 Å². The van der Waals surface area contributed by atoms with Crippen molar-refractivity contribution in [1.29, 1.82) is 0 Å². The van der Waals surface area contributed by atoms with Gasteiger partial charge in [-0.3, -0.25) is 4.79 Å². The second kappa shape index (κ2) is 9.35. The molecule has 2 aromatic carbocycles. The quantitative estimate of drug-likeness (QED) is 0.609. The molecule has 6 nitrogen and oxygen atoms in total. The molecule has 1 fully saturated rings. The minimum atomic E-state index is 0.192. The topological polar surface area (TPSA) is 50.6 Å². The zero-order chi connectivity index (χ0) is 21.8. The Morgan fingerprint density at radius 2 is 1.74 bits per heavy atom. The smallest absolute Gasteiger partial charge is 0.222 e. The summed E-state index contributed by atoms with van der Waals surface area (Å²) in [5, 5.41) is 4.76. The summed E-state index contributed by atoms with van der Waals surface area (Å²) in [6, 6.07) is 18.1. The lowest BCUT2D eigenvalue weighted by atomic mass is 10.0. The van der Waals surface area contributed by atoms with Crippen LogP contribution < -0.4 is 4.74 Å². The molecule has 0 atom stereocenters. The molecular weight excluding hydrogens is 388 g/mol. The van der Waals surface area contributed by atoms with Gasteiger partial charge in [-0.15, -0.1) is 0 Å². The average molecular weight is 419 g/mol. The van der Waals surface area contributed by atoms with Crippen molar-refractivity contribution in [2.24, 2.45) is 7.05 Å². The van der Waals surface area contributed by atoms with E-state index >= 15 is 0 Å². The van der Waals surface area contributed by atoms with Crippen molar-refractivity contribution in [2.45, 2.75) is 19.8 Å². The van der Waals surface area contributed by atoms with E-state index in [0.717, 1.165) is 54.3 Å². The largest absolute Gasteiger partial charge is 0.439 e. The SMILES string of the molecule is Cc1cccc(Oc2c(CCC(=O)N3CCN(C)CC3)c(-c3ccccc3)nn2C)c1. The molecule has 0 radical (unpaired) electrons. The van der Waals surface area contributed by atoms with Crippen molar-refractivity contribution in [3.05, 3.63) is 65.7 Å². The summed E-state index contributed by atoms with van der Waals surface area (Å²) in [7, 11) is 3.99. The minimum Gasteiger partial charge on any atom is -0.439 e. The lowest BCUT2D eigenvalue weighted by molar-refractivity contribution is -0.132. The number of amides is 1. The third-order valence-electron chi connectivity index (χ3n) is 5.78. The Morgan fingerprint density at radius 1 is 1.00 bits per heavy atom. The van der Waals surface area contributed by atoms with Crippen molar-refractivity contribution in [3.63, 3.8) is 0 Å². The first-order valence-corrected chi connectivity index (χ1v) is 10.8. The fraction of sp³-hybridized carbons (Fsp3) is 0.360. The molecule has 2 heterocycles. The Bertz CT molecular complexity index is 1040. The number of aryl methyl sites for hydroxylation is 2. The number of carbonyl (C=O) groups is 1. The standard InChI is InChI=1S/C25H30N4O2/c1-19-8-7-11-21(18-19)31-25-22(12-13-23(30)29-16-14-27(2)15-17-29)24(26-28(25)3)20-9-5-4-6-10-20/h4-11,18H,12-17H2,1-3H3. The summed E-state index contributed by atoms with van der Waals surface area (Å²) in [5.41, 5.74) is 4.00. The average Bonchev–Trinajstić information content (AvgIpc) is 3.08. The van der Waals surface area contributed by atoms with Gasteiger partial charge in [-0.2, -0.15) is 5.10 Å². The second-order valence-corrected chi connectivity index (χ2v) is 8.22. The number of benzene rings is 2. The lowest BCUT2D eigenvalue weighted by Gasteiger charge is -2.32. The summed E-state index contributed by atoms with van der Waals surface area (Å²) in [5.74, 6) is 1.65. The van der Waals surface area contributed by atoms with Crippen molar-refractivity contribution >= 4 is 5.91 Å². The van der Waals surface area contributed by atoms with E-state index in [0.29, 0.717) is 18.7 Å². The zero-order valence-corrected chi connectivity index (χ0v) is 18.5. The number of rotatable bonds is 6. The van der Waals surface area contributed by atoms with Gasteiger partial charge in [0.05, 0.1) is 5.69 Å². The first-order chi connectivity index (χ1) is 15.0. The third-order valence-corrected chi connectivity index (χ3v) is 5.78. The van der Waals surface area contributed by atoms with E-state index in [9.17, 15) is 4.79 Å². The molecule has 3 aromatic rings. The number of nitrogens with zero attached hydrogens (tertiary/aromatic N) is 4. The molecule has 1 aliphatic heterocycles. The van der Waals surface area contributed by atoms with E-state index in [1.807, 2.05) is 73.5 Å². The van der Waals surface area contributed by atoms with Crippen molar-refractivity contribution in [2.75, 3.05) is 33.2 Å². The lowest BCUT2D eigenvalue weighted by Crippen LogP contribution is -2.47. The maximum Gasteiger partial charge on any atom is 0.222 e. The summed E-state index contributed by atoms with van der Waals surface area (Å²) in [6.07, 6.45) is 1.03. The first-order valence-electron chi connectivity index (χ1n) is 10.8. The summed E-state index contributed by atoms with van der Waals surface area (Å²) < 4.78 is 8.06. The molecule has 0 aliphatic carbocycles. The first kappa shape index (κ1) is 21.1. The molecule has 1 aromatic heterocycles. The molecular formula is C25H30N4O2. The van der Waals surface area contributed by atoms with Gasteiger partial charge in [-0.1, -0.05) is 42.5 Å². The van der Waals surface area contributed by atoms with Gasteiger partial charge in [0.1, 0.15) is 5.75 Å². The van der Waals surface area contributed by atoms with Gasteiger partial charge in [-0.05, 0) is 38.1 Å². The van der Waals surface area contributed by atoms with Gasteiger partial charge in [0, 0.05) is 50.8 Å². The molecule has 162 valence electrons. The molecule has 31 heavy (non-hydrogen) atoms. The fourth-order valence-corrected chi connectivity index (χ4v) is 3.97. The highest BCUT2D eigenvalue weighted by Crippen LogP contribution is 2.34. The maximum atomic E-state index is 12.9. The Labute approximate surface area is 184 Å². The number of piperazine rings is 1. The van der Waals surface area contributed by atoms with Crippen LogP contribution in [0.5, 0.6) is 11.6 Å². The number of hydrogen-bond donors (Lipinski definition) is 0. The molecule has 1 saturated heterocycles. The van der Waals surface area contributed by atoms with Crippen LogP contribution in [0.2, 0.25) is 0 Å². The fourth-order valence-electron chi connectivity index (χ4n) is 3.97. The highest BCUT2D eigenvalue weighted by molar-refractivity contribution is 5.77. The highest BCUT2D eigenvalue weighted by atomic mass is 16.5. The molecule has 4 rings (SSSR count). The van der Waals surface area contributed by atoms with Crippen LogP contribution in [-0.4, -0.2) is 58.7 Å². The summed E-state index contributed by atoms with van der Waals surface area (Å²) >= 11 is 0. The zero-order valence-electron chi connectivity index (χ0n) is 18.5. The Morgan fingerprint density at radius 3 is 2.45 bits per heavy atom. The molecule has 0 spiro atoms. The van der Waals surface area contributed by atoms with Crippen molar-refractivity contribution in [1.82, 2.24) is 19.6 Å². The Hall–Kier alpha value is -3.12.